The number of hydrogen-bond acceptors (Lipinski definition) is 6. The van der Waals surface area contributed by atoms with Crippen molar-refractivity contribution in [2.45, 2.75) is 44.2 Å². The van der Waals surface area contributed by atoms with Crippen molar-refractivity contribution >= 4 is 27.5 Å². The number of benzene rings is 3. The van der Waals surface area contributed by atoms with Gasteiger partial charge in [0.1, 0.15) is 24.1 Å². The zero-order valence-electron chi connectivity index (χ0n) is 23.4. The molecule has 0 saturated heterocycles. The highest BCUT2D eigenvalue weighted by atomic mass is 32.2. The van der Waals surface area contributed by atoms with Gasteiger partial charge in [0.2, 0.25) is 11.8 Å². The number of rotatable bonds is 14. The monoisotopic (exact) mass is 567 g/mol. The van der Waals surface area contributed by atoms with Gasteiger partial charge in [-0.1, -0.05) is 56.3 Å². The lowest BCUT2D eigenvalue weighted by molar-refractivity contribution is -0.140. The number of hydrogen-bond donors (Lipinski definition) is 1. The summed E-state index contributed by atoms with van der Waals surface area (Å²) in [7, 11) is -1.30. The van der Waals surface area contributed by atoms with E-state index in [1.807, 2.05) is 44.2 Å². The summed E-state index contributed by atoms with van der Waals surface area (Å²) in [4.78, 5) is 28.6. The van der Waals surface area contributed by atoms with E-state index in [0.29, 0.717) is 18.7 Å². The molecule has 9 nitrogen and oxygen atoms in total. The number of anilines is 1. The molecule has 0 aliphatic carbocycles. The van der Waals surface area contributed by atoms with Crippen LogP contribution in [0.25, 0.3) is 0 Å². The average molecular weight is 568 g/mol. The molecule has 0 heterocycles. The third kappa shape index (κ3) is 7.32. The van der Waals surface area contributed by atoms with E-state index in [-0.39, 0.29) is 28.8 Å². The molecule has 10 heteroatoms. The standard InChI is InChI=1S/C30H37N3O6S/c1-5-20-31-30(35)26(6-2)32(21-23-12-8-7-9-13-23)29(34)22-33(27-14-10-11-15-28(27)39-4)40(36,37)25-18-16-24(38-3)17-19-25/h7-19,26H,5-6,20-22H2,1-4H3,(H,31,35)/t26-/m0/s1. The summed E-state index contributed by atoms with van der Waals surface area (Å²) >= 11 is 0. The Hall–Kier alpha value is -4.05. The molecular weight excluding hydrogens is 530 g/mol. The van der Waals surface area contributed by atoms with Crippen molar-refractivity contribution in [1.82, 2.24) is 10.2 Å². The number of carbonyl (C=O) groups is 2. The number of amides is 2. The second kappa shape index (κ2) is 14.4. The topological polar surface area (TPSA) is 105 Å². The highest BCUT2D eigenvalue weighted by molar-refractivity contribution is 7.92. The van der Waals surface area contributed by atoms with E-state index < -0.39 is 28.5 Å². The number of carbonyl (C=O) groups excluding carboxylic acids is 2. The summed E-state index contributed by atoms with van der Waals surface area (Å²) < 4.78 is 39.7. The smallest absolute Gasteiger partial charge is 0.264 e. The molecule has 0 aliphatic rings. The van der Waals surface area contributed by atoms with Gasteiger partial charge in [0.15, 0.2) is 0 Å². The minimum atomic E-state index is -4.23. The molecule has 214 valence electrons. The van der Waals surface area contributed by atoms with Gasteiger partial charge in [-0.3, -0.25) is 13.9 Å². The van der Waals surface area contributed by atoms with Crippen LogP contribution < -0.4 is 19.1 Å². The normalized spacial score (nSPS) is 11.8. The summed E-state index contributed by atoms with van der Waals surface area (Å²) in [6.07, 6.45) is 1.10. The summed E-state index contributed by atoms with van der Waals surface area (Å²) in [6, 6.07) is 21.1. The molecule has 0 aliphatic heterocycles. The van der Waals surface area contributed by atoms with Crippen LogP contribution >= 0.6 is 0 Å². The largest absolute Gasteiger partial charge is 0.497 e. The fraction of sp³-hybridized carbons (Fsp3) is 0.333. The van der Waals surface area contributed by atoms with Crippen LogP contribution in [0.4, 0.5) is 5.69 Å². The molecular formula is C30H37N3O6S. The van der Waals surface area contributed by atoms with Crippen LogP contribution in [0, 0.1) is 0 Å². The van der Waals surface area contributed by atoms with E-state index in [9.17, 15) is 18.0 Å². The highest BCUT2D eigenvalue weighted by Crippen LogP contribution is 2.33. The van der Waals surface area contributed by atoms with Crippen molar-refractivity contribution in [3.8, 4) is 11.5 Å². The Morgan fingerprint density at radius 2 is 1.52 bits per heavy atom. The van der Waals surface area contributed by atoms with Crippen LogP contribution in [-0.2, 0) is 26.2 Å². The third-order valence-electron chi connectivity index (χ3n) is 6.41. The molecule has 2 amide bonds. The lowest BCUT2D eigenvalue weighted by atomic mass is 10.1. The van der Waals surface area contributed by atoms with Crippen molar-refractivity contribution < 1.29 is 27.5 Å². The Morgan fingerprint density at radius 1 is 0.875 bits per heavy atom. The first-order chi connectivity index (χ1) is 19.3. The lowest BCUT2D eigenvalue weighted by Crippen LogP contribution is -2.52. The van der Waals surface area contributed by atoms with Gasteiger partial charge in [-0.25, -0.2) is 8.42 Å². The molecule has 0 unspecified atom stereocenters. The van der Waals surface area contributed by atoms with Crippen LogP contribution in [0.2, 0.25) is 0 Å². The van der Waals surface area contributed by atoms with E-state index in [2.05, 4.69) is 5.32 Å². The van der Waals surface area contributed by atoms with Crippen LogP contribution in [0.15, 0.2) is 83.8 Å². The first-order valence-corrected chi connectivity index (χ1v) is 14.6. The number of methoxy groups -OCH3 is 2. The molecule has 0 bridgehead atoms. The van der Waals surface area contributed by atoms with E-state index in [1.54, 1.807) is 36.4 Å². The molecule has 3 aromatic rings. The SMILES string of the molecule is CCCNC(=O)[C@H](CC)N(Cc1ccccc1)C(=O)CN(c1ccccc1OC)S(=O)(=O)c1ccc(OC)cc1. The van der Waals surface area contributed by atoms with E-state index >= 15 is 0 Å². The van der Waals surface area contributed by atoms with Crippen molar-refractivity contribution in [3.05, 3.63) is 84.4 Å². The van der Waals surface area contributed by atoms with Gasteiger partial charge in [-0.05, 0) is 54.8 Å². The van der Waals surface area contributed by atoms with Crippen LogP contribution in [0.3, 0.4) is 0 Å². The zero-order valence-corrected chi connectivity index (χ0v) is 24.2. The molecule has 0 saturated carbocycles. The van der Waals surface area contributed by atoms with Crippen LogP contribution in [0.5, 0.6) is 11.5 Å². The first kappa shape index (κ1) is 30.5. The van der Waals surface area contributed by atoms with E-state index in [1.165, 1.54) is 31.3 Å². The van der Waals surface area contributed by atoms with Gasteiger partial charge >= 0.3 is 0 Å². The first-order valence-electron chi connectivity index (χ1n) is 13.2. The van der Waals surface area contributed by atoms with Crippen molar-refractivity contribution in [1.29, 1.82) is 0 Å². The van der Waals surface area contributed by atoms with Gasteiger partial charge < -0.3 is 19.7 Å². The van der Waals surface area contributed by atoms with Crippen molar-refractivity contribution in [2.75, 3.05) is 31.6 Å². The molecule has 3 aromatic carbocycles. The third-order valence-corrected chi connectivity index (χ3v) is 8.19. The Balaban J connectivity index is 2.07. The molecule has 3 rings (SSSR count). The van der Waals surface area contributed by atoms with Gasteiger partial charge in [0.25, 0.3) is 10.0 Å². The van der Waals surface area contributed by atoms with Crippen LogP contribution in [0.1, 0.15) is 32.3 Å². The zero-order chi connectivity index (χ0) is 29.1. The van der Waals surface area contributed by atoms with Crippen molar-refractivity contribution in [3.63, 3.8) is 0 Å². The number of sulfonamides is 1. The second-order valence-electron chi connectivity index (χ2n) is 9.08. The second-order valence-corrected chi connectivity index (χ2v) is 10.9. The van der Waals surface area contributed by atoms with Gasteiger partial charge in [-0.2, -0.15) is 0 Å². The Labute approximate surface area is 236 Å². The number of ether oxygens (including phenoxy) is 2. The van der Waals surface area contributed by atoms with E-state index in [4.69, 9.17) is 9.47 Å². The maximum absolute atomic E-state index is 14.1. The van der Waals surface area contributed by atoms with Gasteiger partial charge in [0, 0.05) is 13.1 Å². The maximum Gasteiger partial charge on any atom is 0.264 e. The van der Waals surface area contributed by atoms with Crippen molar-refractivity contribution in [2.24, 2.45) is 0 Å². The Kier molecular flexibility index (Phi) is 11.0. The summed E-state index contributed by atoms with van der Waals surface area (Å²) in [5.74, 6) is -0.0210. The minimum absolute atomic E-state index is 0.0191. The molecule has 0 fully saturated rings. The quantitative estimate of drug-likeness (QED) is 0.313. The number of nitrogens with one attached hydrogen (secondary N) is 1. The lowest BCUT2D eigenvalue weighted by Gasteiger charge is -2.33. The van der Waals surface area contributed by atoms with E-state index in [0.717, 1.165) is 16.3 Å². The molecule has 1 N–H and O–H groups in total. The fourth-order valence-corrected chi connectivity index (χ4v) is 5.71. The molecule has 0 aromatic heterocycles. The van der Waals surface area contributed by atoms with Gasteiger partial charge in [-0.15, -0.1) is 0 Å². The fourth-order valence-electron chi connectivity index (χ4n) is 4.29. The molecule has 40 heavy (non-hydrogen) atoms. The van der Waals surface area contributed by atoms with Gasteiger partial charge in [0.05, 0.1) is 24.8 Å². The molecule has 0 radical (unpaired) electrons. The summed E-state index contributed by atoms with van der Waals surface area (Å²) in [5.41, 5.74) is 1.02. The predicted molar refractivity (Wildman–Crippen MR) is 155 cm³/mol. The number of nitrogens with zero attached hydrogens (tertiary/aromatic N) is 2. The Morgan fingerprint density at radius 3 is 2.12 bits per heavy atom. The number of para-hydroxylation sites is 2. The molecule has 1 atom stereocenters. The maximum atomic E-state index is 14.1. The van der Waals surface area contributed by atoms with Crippen LogP contribution in [-0.4, -0.2) is 58.5 Å². The predicted octanol–water partition coefficient (Wildman–Crippen LogP) is 4.23. The average Bonchev–Trinajstić information content (AvgIpc) is 2.99. The summed E-state index contributed by atoms with van der Waals surface area (Å²) in [5, 5.41) is 2.88. The highest BCUT2D eigenvalue weighted by Gasteiger charge is 2.34. The minimum Gasteiger partial charge on any atom is -0.497 e. The summed E-state index contributed by atoms with van der Waals surface area (Å²) in [6.45, 7) is 3.85. The Bertz CT molecular complexity index is 1360. The molecule has 0 spiro atoms.